The molecule has 2 unspecified atom stereocenters. The summed E-state index contributed by atoms with van der Waals surface area (Å²) in [6.07, 6.45) is 4.69. The molecule has 10 heteroatoms. The van der Waals surface area contributed by atoms with Crippen molar-refractivity contribution in [1.82, 2.24) is 14.2 Å². The van der Waals surface area contributed by atoms with E-state index < -0.39 is 10.0 Å². The van der Waals surface area contributed by atoms with Gasteiger partial charge in [-0.05, 0) is 37.8 Å². The molecular weight excluding hydrogens is 387 g/mol. The van der Waals surface area contributed by atoms with Crippen LogP contribution in [0, 0.1) is 5.92 Å². The minimum atomic E-state index is -3.70. The van der Waals surface area contributed by atoms with E-state index in [2.05, 4.69) is 4.98 Å². The van der Waals surface area contributed by atoms with Crippen molar-refractivity contribution in [2.45, 2.75) is 30.7 Å². The number of likely N-dealkylation sites (tertiary alicyclic amines) is 1. The van der Waals surface area contributed by atoms with Crippen LogP contribution in [0.15, 0.2) is 29.4 Å². The molecule has 1 aliphatic heterocycles. The Labute approximate surface area is 161 Å². The van der Waals surface area contributed by atoms with Crippen LogP contribution in [-0.2, 0) is 14.8 Å². The molecule has 1 amide bonds. The zero-order valence-electron chi connectivity index (χ0n) is 14.4. The number of aromatic nitrogens is 1. The van der Waals surface area contributed by atoms with Crippen molar-refractivity contribution in [1.29, 1.82) is 0 Å². The highest BCUT2D eigenvalue weighted by Crippen LogP contribution is 2.19. The monoisotopic (exact) mass is 412 g/mol. The summed E-state index contributed by atoms with van der Waals surface area (Å²) < 4.78 is 25.9. The summed E-state index contributed by atoms with van der Waals surface area (Å²) in [5.74, 6) is 0.0817. The zero-order chi connectivity index (χ0) is 17.0. The third-order valence-corrected chi connectivity index (χ3v) is 6.04. The fourth-order valence-electron chi connectivity index (χ4n) is 2.72. The van der Waals surface area contributed by atoms with Crippen molar-refractivity contribution >= 4 is 40.7 Å². The van der Waals surface area contributed by atoms with Crippen LogP contribution in [0.2, 0.25) is 0 Å². The Bertz CT molecular complexity index is 643. The van der Waals surface area contributed by atoms with Gasteiger partial charge in [0.25, 0.3) is 0 Å². The summed E-state index contributed by atoms with van der Waals surface area (Å²) in [7, 11) is -2.29. The number of sulfonamides is 1. The molecule has 2 rings (SSSR count). The number of likely N-dealkylation sites (N-methyl/N-ethyl adjacent to an activating group) is 1. The number of piperidine rings is 1. The van der Waals surface area contributed by atoms with E-state index in [1.807, 2.05) is 6.92 Å². The molecule has 0 saturated carbocycles. The molecule has 1 aliphatic rings. The minimum absolute atomic E-state index is 0. The van der Waals surface area contributed by atoms with Crippen LogP contribution in [0.3, 0.4) is 0 Å². The maximum atomic E-state index is 12.4. The Kier molecular flexibility index (Phi) is 9.89. The Morgan fingerprint density at radius 1 is 1.48 bits per heavy atom. The molecule has 2 atom stereocenters. The Morgan fingerprint density at radius 2 is 2.16 bits per heavy atom. The lowest BCUT2D eigenvalue weighted by Crippen LogP contribution is -2.48. The van der Waals surface area contributed by atoms with Crippen molar-refractivity contribution in [2.75, 3.05) is 26.7 Å². The second kappa shape index (κ2) is 10.3. The van der Waals surface area contributed by atoms with Crippen LogP contribution in [0.4, 0.5) is 0 Å². The van der Waals surface area contributed by atoms with Gasteiger partial charge in [0.05, 0.1) is 6.54 Å². The van der Waals surface area contributed by atoms with E-state index in [0.717, 1.165) is 17.1 Å². The summed E-state index contributed by atoms with van der Waals surface area (Å²) in [5.41, 5.74) is 5.92. The van der Waals surface area contributed by atoms with E-state index in [1.54, 1.807) is 11.0 Å². The van der Waals surface area contributed by atoms with Crippen molar-refractivity contribution in [2.24, 2.45) is 11.7 Å². The fourth-order valence-corrected chi connectivity index (χ4v) is 3.81. The van der Waals surface area contributed by atoms with Crippen LogP contribution >= 0.6 is 24.8 Å². The molecular formula is C15H26Cl2N4O3S. The van der Waals surface area contributed by atoms with Gasteiger partial charge >= 0.3 is 0 Å². The number of rotatable bonds is 5. The zero-order valence-corrected chi connectivity index (χ0v) is 16.8. The fraction of sp³-hybridized carbons (Fsp3) is 0.600. The number of pyridine rings is 1. The first-order valence-corrected chi connectivity index (χ1v) is 9.16. The summed E-state index contributed by atoms with van der Waals surface area (Å²) in [5, 5.41) is 0. The van der Waals surface area contributed by atoms with Gasteiger partial charge < -0.3 is 10.6 Å². The van der Waals surface area contributed by atoms with Gasteiger partial charge in [-0.1, -0.05) is 0 Å². The second-order valence-corrected chi connectivity index (χ2v) is 8.10. The third kappa shape index (κ3) is 6.07. The summed E-state index contributed by atoms with van der Waals surface area (Å²) in [6.45, 7) is 3.01. The molecule has 0 aliphatic carbocycles. The number of nitrogens with two attached hydrogens (primary N) is 1. The van der Waals surface area contributed by atoms with Crippen molar-refractivity contribution in [3.8, 4) is 0 Å². The number of hydrogen-bond donors (Lipinski definition) is 1. The van der Waals surface area contributed by atoms with Gasteiger partial charge in [0.2, 0.25) is 15.9 Å². The van der Waals surface area contributed by atoms with Gasteiger partial charge in [-0.25, -0.2) is 8.42 Å². The molecule has 1 aromatic heterocycles. The average molecular weight is 413 g/mol. The summed E-state index contributed by atoms with van der Waals surface area (Å²) in [4.78, 5) is 18.0. The first-order valence-electron chi connectivity index (χ1n) is 7.72. The van der Waals surface area contributed by atoms with Gasteiger partial charge in [0.1, 0.15) is 4.90 Å². The molecule has 144 valence electrons. The molecule has 7 nitrogen and oxygen atoms in total. The van der Waals surface area contributed by atoms with Gasteiger partial charge in [0.15, 0.2) is 0 Å². The van der Waals surface area contributed by atoms with Crippen molar-refractivity contribution in [3.05, 3.63) is 24.5 Å². The maximum absolute atomic E-state index is 12.4. The molecule has 25 heavy (non-hydrogen) atoms. The number of halogens is 2. The number of carbonyl (C=O) groups excluding carboxylic acids is 1. The topological polar surface area (TPSA) is 96.6 Å². The Morgan fingerprint density at radius 3 is 2.72 bits per heavy atom. The van der Waals surface area contributed by atoms with Gasteiger partial charge in [-0.3, -0.25) is 9.78 Å². The molecule has 1 aromatic rings. The molecule has 1 fully saturated rings. The molecule has 1 saturated heterocycles. The number of nitrogens with zero attached hydrogens (tertiary/aromatic N) is 3. The summed E-state index contributed by atoms with van der Waals surface area (Å²) in [6, 6.07) is 3.05. The Hall–Kier alpha value is -0.930. The normalized spacial score (nSPS) is 18.9. The van der Waals surface area contributed by atoms with E-state index in [1.165, 1.54) is 25.5 Å². The lowest BCUT2D eigenvalue weighted by Gasteiger charge is -2.35. The average Bonchev–Trinajstić information content (AvgIpc) is 2.55. The van der Waals surface area contributed by atoms with E-state index in [-0.39, 0.29) is 54.1 Å². The highest BCUT2D eigenvalue weighted by atomic mass is 35.5. The predicted molar refractivity (Wildman–Crippen MR) is 102 cm³/mol. The SMILES string of the molecule is CC(N)C1CCCN(C(=O)CN(C)S(=O)(=O)c2cccnc2)C1.Cl.Cl. The molecule has 0 radical (unpaired) electrons. The first kappa shape index (κ1) is 24.1. The molecule has 2 N–H and O–H groups in total. The lowest BCUT2D eigenvalue weighted by molar-refractivity contribution is -0.133. The van der Waals surface area contributed by atoms with Crippen LogP contribution < -0.4 is 5.73 Å². The van der Waals surface area contributed by atoms with E-state index >= 15 is 0 Å². The van der Waals surface area contributed by atoms with Crippen LogP contribution in [-0.4, -0.2) is 61.2 Å². The number of amides is 1. The Balaban J connectivity index is 0.00000288. The quantitative estimate of drug-likeness (QED) is 0.781. The summed E-state index contributed by atoms with van der Waals surface area (Å²) >= 11 is 0. The molecule has 0 bridgehead atoms. The number of hydrogen-bond acceptors (Lipinski definition) is 5. The lowest BCUT2D eigenvalue weighted by atomic mass is 9.92. The van der Waals surface area contributed by atoms with Crippen LogP contribution in [0.25, 0.3) is 0 Å². The maximum Gasteiger partial charge on any atom is 0.244 e. The first-order chi connectivity index (χ1) is 10.8. The largest absolute Gasteiger partial charge is 0.341 e. The standard InChI is InChI=1S/C15H24N4O3S.2ClH/c1-12(16)13-5-4-8-19(10-13)15(20)11-18(2)23(21,22)14-6-3-7-17-9-14;;/h3,6-7,9,12-13H,4-5,8,10-11,16H2,1-2H3;2*1H. The van der Waals surface area contributed by atoms with Crippen LogP contribution in [0.5, 0.6) is 0 Å². The van der Waals surface area contributed by atoms with Crippen LogP contribution in [0.1, 0.15) is 19.8 Å². The van der Waals surface area contributed by atoms with Gasteiger partial charge in [0, 0.05) is 38.6 Å². The minimum Gasteiger partial charge on any atom is -0.341 e. The highest BCUT2D eigenvalue weighted by molar-refractivity contribution is 7.89. The smallest absolute Gasteiger partial charge is 0.244 e. The number of carbonyl (C=O) groups is 1. The van der Waals surface area contributed by atoms with Gasteiger partial charge in [-0.2, -0.15) is 4.31 Å². The van der Waals surface area contributed by atoms with E-state index in [4.69, 9.17) is 5.73 Å². The third-order valence-electron chi connectivity index (χ3n) is 4.25. The highest BCUT2D eigenvalue weighted by Gasteiger charge is 2.29. The van der Waals surface area contributed by atoms with E-state index in [0.29, 0.717) is 13.1 Å². The van der Waals surface area contributed by atoms with Crippen molar-refractivity contribution in [3.63, 3.8) is 0 Å². The van der Waals surface area contributed by atoms with Gasteiger partial charge in [-0.15, -0.1) is 24.8 Å². The second-order valence-electron chi connectivity index (χ2n) is 6.05. The van der Waals surface area contributed by atoms with Crippen molar-refractivity contribution < 1.29 is 13.2 Å². The molecule has 0 spiro atoms. The van der Waals surface area contributed by atoms with E-state index in [9.17, 15) is 13.2 Å². The molecule has 0 aromatic carbocycles. The molecule has 2 heterocycles. The predicted octanol–water partition coefficient (Wildman–Crippen LogP) is 1.13.